The van der Waals surface area contributed by atoms with Crippen LogP contribution >= 0.6 is 23.4 Å². The first-order chi connectivity index (χ1) is 12.0. The summed E-state index contributed by atoms with van der Waals surface area (Å²) in [6.07, 6.45) is 0. The molecule has 0 bridgehead atoms. The van der Waals surface area contributed by atoms with Gasteiger partial charge in [0.25, 0.3) is 0 Å². The van der Waals surface area contributed by atoms with Gasteiger partial charge >= 0.3 is 12.0 Å². The SMILES string of the molecule is CC1=C(C(=O)O)SC(c2ccccc2)N1C(=O)Nc1ccc(Cl)cc1. The van der Waals surface area contributed by atoms with E-state index >= 15 is 0 Å². The summed E-state index contributed by atoms with van der Waals surface area (Å²) in [6, 6.07) is 15.7. The molecular weight excluding hydrogens is 360 g/mol. The van der Waals surface area contributed by atoms with E-state index < -0.39 is 17.4 Å². The lowest BCUT2D eigenvalue weighted by molar-refractivity contribution is -0.131. The third-order valence-electron chi connectivity index (χ3n) is 3.75. The standard InChI is InChI=1S/C18H15ClN2O3S/c1-11-15(17(22)23)25-16(12-5-3-2-4-6-12)21(11)18(24)20-14-9-7-13(19)8-10-14/h2-10,16H,1H3,(H,20,24)(H,22,23). The first-order valence-electron chi connectivity index (χ1n) is 7.49. The van der Waals surface area contributed by atoms with Crippen molar-refractivity contribution in [1.29, 1.82) is 0 Å². The number of carbonyl (C=O) groups excluding carboxylic acids is 1. The zero-order valence-electron chi connectivity index (χ0n) is 13.3. The number of thioether (sulfide) groups is 1. The van der Waals surface area contributed by atoms with Crippen molar-refractivity contribution in [3.05, 3.63) is 75.8 Å². The predicted molar refractivity (Wildman–Crippen MR) is 99.4 cm³/mol. The fourth-order valence-corrected chi connectivity index (χ4v) is 3.92. The molecule has 1 heterocycles. The van der Waals surface area contributed by atoms with E-state index in [9.17, 15) is 14.7 Å². The second-order valence-electron chi connectivity index (χ2n) is 5.41. The fraction of sp³-hybridized carbons (Fsp3) is 0.111. The Kier molecular flexibility index (Phi) is 5.01. The Hall–Kier alpha value is -2.44. The molecule has 0 radical (unpaired) electrons. The highest BCUT2D eigenvalue weighted by Gasteiger charge is 2.38. The summed E-state index contributed by atoms with van der Waals surface area (Å²) in [5, 5.41) is 12.3. The fourth-order valence-electron chi connectivity index (χ4n) is 2.55. The highest BCUT2D eigenvalue weighted by Crippen LogP contribution is 2.47. The van der Waals surface area contributed by atoms with Crippen LogP contribution in [0.2, 0.25) is 5.02 Å². The van der Waals surface area contributed by atoms with E-state index in [-0.39, 0.29) is 4.91 Å². The van der Waals surface area contributed by atoms with Crippen molar-refractivity contribution in [1.82, 2.24) is 4.90 Å². The number of aliphatic carboxylic acids is 1. The number of carbonyl (C=O) groups is 2. The molecule has 0 saturated carbocycles. The Labute approximate surface area is 154 Å². The van der Waals surface area contributed by atoms with Crippen LogP contribution in [0, 0.1) is 0 Å². The second kappa shape index (κ2) is 7.21. The van der Waals surface area contributed by atoms with Crippen LogP contribution in [0.3, 0.4) is 0 Å². The van der Waals surface area contributed by atoms with Gasteiger partial charge in [-0.2, -0.15) is 0 Å². The zero-order chi connectivity index (χ0) is 18.0. The molecule has 7 heteroatoms. The Bertz CT molecular complexity index is 837. The van der Waals surface area contributed by atoms with Gasteiger partial charge in [0.2, 0.25) is 0 Å². The number of benzene rings is 2. The highest BCUT2D eigenvalue weighted by molar-refractivity contribution is 8.04. The van der Waals surface area contributed by atoms with Gasteiger partial charge in [-0.05, 0) is 36.8 Å². The molecule has 3 rings (SSSR count). The molecule has 0 spiro atoms. The van der Waals surface area contributed by atoms with Gasteiger partial charge in [-0.25, -0.2) is 9.59 Å². The Balaban J connectivity index is 1.91. The first kappa shape index (κ1) is 17.4. The van der Waals surface area contributed by atoms with Crippen molar-refractivity contribution in [3.8, 4) is 0 Å². The van der Waals surface area contributed by atoms with Crippen molar-refractivity contribution in [2.45, 2.75) is 12.3 Å². The molecule has 1 unspecified atom stereocenters. The monoisotopic (exact) mass is 374 g/mol. The quantitative estimate of drug-likeness (QED) is 0.798. The van der Waals surface area contributed by atoms with Crippen molar-refractivity contribution in [3.63, 3.8) is 0 Å². The van der Waals surface area contributed by atoms with Crippen LogP contribution in [0.25, 0.3) is 0 Å². The van der Waals surface area contributed by atoms with Crippen LogP contribution in [0.1, 0.15) is 17.9 Å². The normalized spacial score (nSPS) is 16.9. The minimum Gasteiger partial charge on any atom is -0.477 e. The van der Waals surface area contributed by atoms with Gasteiger partial charge in [-0.15, -0.1) is 0 Å². The van der Waals surface area contributed by atoms with Crippen LogP contribution in [0.4, 0.5) is 10.5 Å². The van der Waals surface area contributed by atoms with E-state index in [4.69, 9.17) is 11.6 Å². The van der Waals surface area contributed by atoms with E-state index in [1.165, 1.54) is 4.90 Å². The minimum absolute atomic E-state index is 0.167. The predicted octanol–water partition coefficient (Wildman–Crippen LogP) is 4.94. The molecule has 1 aliphatic rings. The molecule has 0 saturated heterocycles. The van der Waals surface area contributed by atoms with Gasteiger partial charge < -0.3 is 10.4 Å². The number of carboxylic acid groups (broad SMARTS) is 1. The van der Waals surface area contributed by atoms with E-state index in [0.717, 1.165) is 17.3 Å². The minimum atomic E-state index is -1.04. The molecule has 0 aromatic heterocycles. The summed E-state index contributed by atoms with van der Waals surface area (Å²) >= 11 is 7.01. The van der Waals surface area contributed by atoms with Crippen LogP contribution < -0.4 is 5.32 Å². The summed E-state index contributed by atoms with van der Waals surface area (Å²) < 4.78 is 0. The number of urea groups is 1. The smallest absolute Gasteiger partial charge is 0.344 e. The molecular formula is C18H15ClN2O3S. The highest BCUT2D eigenvalue weighted by atomic mass is 35.5. The number of rotatable bonds is 3. The molecule has 5 nitrogen and oxygen atoms in total. The van der Waals surface area contributed by atoms with Crippen LogP contribution in [0.15, 0.2) is 65.2 Å². The zero-order valence-corrected chi connectivity index (χ0v) is 14.8. The van der Waals surface area contributed by atoms with Gasteiger partial charge in [0.1, 0.15) is 10.3 Å². The van der Waals surface area contributed by atoms with Crippen molar-refractivity contribution in [2.24, 2.45) is 0 Å². The van der Waals surface area contributed by atoms with E-state index in [0.29, 0.717) is 16.4 Å². The number of allylic oxidation sites excluding steroid dienone is 1. The summed E-state index contributed by atoms with van der Waals surface area (Å²) in [5.41, 5.74) is 1.86. The molecule has 1 atom stereocenters. The number of nitrogens with zero attached hydrogens (tertiary/aromatic N) is 1. The second-order valence-corrected chi connectivity index (χ2v) is 6.93. The van der Waals surface area contributed by atoms with Gasteiger partial charge in [0, 0.05) is 16.4 Å². The van der Waals surface area contributed by atoms with E-state index in [2.05, 4.69) is 5.32 Å². The summed E-state index contributed by atoms with van der Waals surface area (Å²) in [7, 11) is 0. The molecule has 2 N–H and O–H groups in total. The van der Waals surface area contributed by atoms with Crippen molar-refractivity contribution < 1.29 is 14.7 Å². The third-order valence-corrected chi connectivity index (χ3v) is 5.41. The Morgan fingerprint density at radius 1 is 1.12 bits per heavy atom. The number of carboxylic acids is 1. The molecule has 25 heavy (non-hydrogen) atoms. The van der Waals surface area contributed by atoms with Crippen molar-refractivity contribution >= 4 is 41.1 Å². The molecule has 2 amide bonds. The summed E-state index contributed by atoms with van der Waals surface area (Å²) in [5.74, 6) is -1.04. The van der Waals surface area contributed by atoms with Gasteiger partial charge in [-0.3, -0.25) is 4.90 Å². The van der Waals surface area contributed by atoms with E-state index in [1.54, 1.807) is 31.2 Å². The van der Waals surface area contributed by atoms with Crippen molar-refractivity contribution in [2.75, 3.05) is 5.32 Å². The molecule has 128 valence electrons. The van der Waals surface area contributed by atoms with Crippen LogP contribution in [-0.2, 0) is 4.79 Å². The van der Waals surface area contributed by atoms with Crippen LogP contribution in [-0.4, -0.2) is 22.0 Å². The number of hydrogen-bond donors (Lipinski definition) is 2. The van der Waals surface area contributed by atoms with Gasteiger partial charge in [0.05, 0.1) is 0 Å². The average Bonchev–Trinajstić information content (AvgIpc) is 2.95. The lowest BCUT2D eigenvalue weighted by Crippen LogP contribution is -2.33. The van der Waals surface area contributed by atoms with Crippen LogP contribution in [0.5, 0.6) is 0 Å². The number of amides is 2. The van der Waals surface area contributed by atoms with Gasteiger partial charge in [0.15, 0.2) is 0 Å². The molecule has 0 fully saturated rings. The lowest BCUT2D eigenvalue weighted by atomic mass is 10.2. The largest absolute Gasteiger partial charge is 0.477 e. The molecule has 0 aliphatic carbocycles. The van der Waals surface area contributed by atoms with Gasteiger partial charge in [-0.1, -0.05) is 53.7 Å². The topological polar surface area (TPSA) is 69.6 Å². The summed E-state index contributed by atoms with van der Waals surface area (Å²) in [6.45, 7) is 1.64. The molecule has 2 aromatic rings. The Morgan fingerprint density at radius 3 is 2.36 bits per heavy atom. The maximum atomic E-state index is 12.8. The number of nitrogens with one attached hydrogen (secondary N) is 1. The summed E-state index contributed by atoms with van der Waals surface area (Å²) in [4.78, 5) is 25.9. The maximum absolute atomic E-state index is 12.8. The number of hydrogen-bond acceptors (Lipinski definition) is 3. The number of halogens is 1. The average molecular weight is 375 g/mol. The lowest BCUT2D eigenvalue weighted by Gasteiger charge is -2.26. The first-order valence-corrected chi connectivity index (χ1v) is 8.74. The maximum Gasteiger partial charge on any atom is 0.344 e. The number of anilines is 1. The molecule has 2 aromatic carbocycles. The third kappa shape index (κ3) is 3.65. The Morgan fingerprint density at radius 2 is 1.76 bits per heavy atom. The molecule has 1 aliphatic heterocycles. The van der Waals surface area contributed by atoms with E-state index in [1.807, 2.05) is 30.3 Å².